The summed E-state index contributed by atoms with van der Waals surface area (Å²) in [6.07, 6.45) is 3.76. The Hall–Kier alpha value is -2.44. The number of ether oxygens (including phenoxy) is 2. The van der Waals surface area contributed by atoms with Gasteiger partial charge < -0.3 is 14.4 Å². The highest BCUT2D eigenvalue weighted by Crippen LogP contribution is 2.21. The molecular weight excluding hydrogens is 366 g/mol. The minimum Gasteiger partial charge on any atom is -0.493 e. The Balaban J connectivity index is 1.25. The normalized spacial score (nSPS) is 20.4. The molecular formula is C23H29N3O3. The first-order chi connectivity index (χ1) is 14.3. The van der Waals surface area contributed by atoms with Crippen LogP contribution in [0.4, 0.5) is 0 Å². The van der Waals surface area contributed by atoms with E-state index < -0.39 is 0 Å². The molecule has 154 valence electrons. The molecule has 3 heterocycles. The van der Waals surface area contributed by atoms with E-state index in [0.29, 0.717) is 18.2 Å². The number of pyridine rings is 1. The molecule has 0 bridgehead atoms. The van der Waals surface area contributed by atoms with E-state index in [-0.39, 0.29) is 5.91 Å². The summed E-state index contributed by atoms with van der Waals surface area (Å²) in [4.78, 5) is 21.1. The van der Waals surface area contributed by atoms with Gasteiger partial charge in [0.05, 0.1) is 19.8 Å². The van der Waals surface area contributed by atoms with Gasteiger partial charge in [0.1, 0.15) is 11.4 Å². The van der Waals surface area contributed by atoms with E-state index in [1.807, 2.05) is 17.0 Å². The Morgan fingerprint density at radius 1 is 1.10 bits per heavy atom. The molecule has 2 saturated heterocycles. The number of likely N-dealkylation sites (tertiary alicyclic amines) is 1. The number of aromatic nitrogens is 1. The minimum atomic E-state index is 0.0164. The molecule has 6 heteroatoms. The molecule has 1 aromatic carbocycles. The predicted molar refractivity (Wildman–Crippen MR) is 111 cm³/mol. The molecule has 2 aliphatic heterocycles. The lowest BCUT2D eigenvalue weighted by atomic mass is 9.98. The van der Waals surface area contributed by atoms with Gasteiger partial charge in [0.25, 0.3) is 5.91 Å². The first-order valence-corrected chi connectivity index (χ1v) is 10.5. The van der Waals surface area contributed by atoms with Crippen LogP contribution in [0.3, 0.4) is 0 Å². The third-order valence-corrected chi connectivity index (χ3v) is 5.61. The van der Waals surface area contributed by atoms with Crippen LogP contribution >= 0.6 is 0 Å². The zero-order valence-corrected chi connectivity index (χ0v) is 16.8. The van der Waals surface area contributed by atoms with Gasteiger partial charge in [-0.2, -0.15) is 0 Å². The van der Waals surface area contributed by atoms with Crippen molar-refractivity contribution in [1.29, 1.82) is 0 Å². The van der Waals surface area contributed by atoms with Crippen molar-refractivity contribution in [2.24, 2.45) is 5.92 Å². The molecule has 2 aromatic rings. The van der Waals surface area contributed by atoms with E-state index in [0.717, 1.165) is 64.5 Å². The Kier molecular flexibility index (Phi) is 6.75. The lowest BCUT2D eigenvalue weighted by Crippen LogP contribution is -2.41. The zero-order valence-electron chi connectivity index (χ0n) is 16.8. The highest BCUT2D eigenvalue weighted by atomic mass is 16.5. The van der Waals surface area contributed by atoms with Crippen molar-refractivity contribution in [1.82, 2.24) is 14.8 Å². The smallest absolute Gasteiger partial charge is 0.272 e. The number of hydrogen-bond acceptors (Lipinski definition) is 5. The molecule has 2 aliphatic rings. The standard InChI is InChI=1S/C23H29N3O3/c27-23(22-5-1-2-10-24-22)26-11-3-4-20(17-26)18-29-21-8-6-19(7-9-21)16-25-12-14-28-15-13-25/h1-2,5-10,20H,3-4,11-18H2. The van der Waals surface area contributed by atoms with Gasteiger partial charge in [0.15, 0.2) is 0 Å². The molecule has 0 saturated carbocycles. The second-order valence-electron chi connectivity index (χ2n) is 7.82. The molecule has 1 unspecified atom stereocenters. The van der Waals surface area contributed by atoms with E-state index in [1.54, 1.807) is 12.3 Å². The summed E-state index contributed by atoms with van der Waals surface area (Å²) in [5.41, 5.74) is 1.81. The molecule has 29 heavy (non-hydrogen) atoms. The van der Waals surface area contributed by atoms with Gasteiger partial charge in [0, 0.05) is 44.8 Å². The predicted octanol–water partition coefficient (Wildman–Crippen LogP) is 2.85. The molecule has 4 rings (SSSR count). The fourth-order valence-electron chi connectivity index (χ4n) is 3.96. The minimum absolute atomic E-state index is 0.0164. The van der Waals surface area contributed by atoms with Crippen LogP contribution in [0, 0.1) is 5.92 Å². The number of rotatable bonds is 6. The van der Waals surface area contributed by atoms with Crippen molar-refractivity contribution >= 4 is 5.91 Å². The molecule has 6 nitrogen and oxygen atoms in total. The third kappa shape index (κ3) is 5.55. The fourth-order valence-corrected chi connectivity index (χ4v) is 3.96. The van der Waals surface area contributed by atoms with E-state index in [9.17, 15) is 4.79 Å². The second-order valence-corrected chi connectivity index (χ2v) is 7.82. The van der Waals surface area contributed by atoms with Crippen molar-refractivity contribution in [3.05, 3.63) is 59.9 Å². The van der Waals surface area contributed by atoms with Crippen molar-refractivity contribution in [3.8, 4) is 5.75 Å². The average Bonchev–Trinajstić information content (AvgIpc) is 2.80. The Morgan fingerprint density at radius 3 is 2.69 bits per heavy atom. The quantitative estimate of drug-likeness (QED) is 0.753. The Labute approximate surface area is 172 Å². The fraction of sp³-hybridized carbons (Fsp3) is 0.478. The van der Waals surface area contributed by atoms with Gasteiger partial charge in [0.2, 0.25) is 0 Å². The van der Waals surface area contributed by atoms with Crippen LogP contribution in [0.5, 0.6) is 5.75 Å². The van der Waals surface area contributed by atoms with Gasteiger partial charge in [-0.15, -0.1) is 0 Å². The summed E-state index contributed by atoms with van der Waals surface area (Å²) < 4.78 is 11.4. The van der Waals surface area contributed by atoms with Crippen LogP contribution in [0.25, 0.3) is 0 Å². The molecule has 0 N–H and O–H groups in total. The van der Waals surface area contributed by atoms with E-state index >= 15 is 0 Å². The number of morpholine rings is 1. The summed E-state index contributed by atoms with van der Waals surface area (Å²) in [5.74, 6) is 1.26. The number of hydrogen-bond donors (Lipinski definition) is 0. The Bertz CT molecular complexity index is 776. The monoisotopic (exact) mass is 395 g/mol. The first kappa shape index (κ1) is 19.9. The van der Waals surface area contributed by atoms with Crippen LogP contribution < -0.4 is 4.74 Å². The summed E-state index contributed by atoms with van der Waals surface area (Å²) in [6.45, 7) is 6.74. The molecule has 1 aromatic heterocycles. The van der Waals surface area contributed by atoms with Crippen molar-refractivity contribution in [2.75, 3.05) is 46.0 Å². The van der Waals surface area contributed by atoms with Crippen molar-refractivity contribution < 1.29 is 14.3 Å². The largest absolute Gasteiger partial charge is 0.493 e. The molecule has 1 amide bonds. The number of benzene rings is 1. The maximum atomic E-state index is 12.6. The molecule has 0 spiro atoms. The molecule has 0 aliphatic carbocycles. The van der Waals surface area contributed by atoms with Gasteiger partial charge in [-0.1, -0.05) is 18.2 Å². The molecule has 2 fully saturated rings. The maximum Gasteiger partial charge on any atom is 0.272 e. The van der Waals surface area contributed by atoms with Crippen molar-refractivity contribution in [3.63, 3.8) is 0 Å². The second kappa shape index (κ2) is 9.85. The summed E-state index contributed by atoms with van der Waals surface area (Å²) in [6, 6.07) is 13.8. The average molecular weight is 396 g/mol. The highest BCUT2D eigenvalue weighted by molar-refractivity contribution is 5.92. The third-order valence-electron chi connectivity index (χ3n) is 5.61. The van der Waals surface area contributed by atoms with E-state index in [1.165, 1.54) is 5.56 Å². The first-order valence-electron chi connectivity index (χ1n) is 10.5. The number of amides is 1. The SMILES string of the molecule is O=C(c1ccccn1)N1CCCC(COc2ccc(CN3CCOCC3)cc2)C1. The van der Waals surface area contributed by atoms with Crippen LogP contribution in [-0.4, -0.2) is 66.7 Å². The number of piperidine rings is 1. The summed E-state index contributed by atoms with van der Waals surface area (Å²) in [7, 11) is 0. The highest BCUT2D eigenvalue weighted by Gasteiger charge is 2.25. The van der Waals surface area contributed by atoms with Crippen LogP contribution in [0.1, 0.15) is 28.9 Å². The van der Waals surface area contributed by atoms with Crippen LogP contribution in [0.15, 0.2) is 48.7 Å². The maximum absolute atomic E-state index is 12.6. The van der Waals surface area contributed by atoms with E-state index in [4.69, 9.17) is 9.47 Å². The lowest BCUT2D eigenvalue weighted by Gasteiger charge is -2.32. The van der Waals surface area contributed by atoms with Gasteiger partial charge >= 0.3 is 0 Å². The van der Waals surface area contributed by atoms with Gasteiger partial charge in [-0.25, -0.2) is 0 Å². The topological polar surface area (TPSA) is 54.9 Å². The van der Waals surface area contributed by atoms with Crippen LogP contribution in [0.2, 0.25) is 0 Å². The van der Waals surface area contributed by atoms with E-state index in [2.05, 4.69) is 34.1 Å². The molecule has 1 atom stereocenters. The number of carbonyl (C=O) groups excluding carboxylic acids is 1. The Morgan fingerprint density at radius 2 is 1.93 bits per heavy atom. The number of carbonyl (C=O) groups is 1. The lowest BCUT2D eigenvalue weighted by molar-refractivity contribution is 0.0342. The number of nitrogens with zero attached hydrogens (tertiary/aromatic N) is 3. The zero-order chi connectivity index (χ0) is 19.9. The van der Waals surface area contributed by atoms with Gasteiger partial charge in [-0.3, -0.25) is 14.7 Å². The van der Waals surface area contributed by atoms with Crippen molar-refractivity contribution in [2.45, 2.75) is 19.4 Å². The van der Waals surface area contributed by atoms with Gasteiger partial charge in [-0.05, 0) is 42.7 Å². The molecule has 0 radical (unpaired) electrons. The summed E-state index contributed by atoms with van der Waals surface area (Å²) >= 11 is 0. The summed E-state index contributed by atoms with van der Waals surface area (Å²) in [5, 5.41) is 0. The van der Waals surface area contributed by atoms with Crippen LogP contribution in [-0.2, 0) is 11.3 Å².